The topological polar surface area (TPSA) is 62.9 Å². The van der Waals surface area contributed by atoms with Gasteiger partial charge >= 0.3 is 0 Å². The monoisotopic (exact) mass is 290 g/mol. The molecule has 1 heterocycles. The minimum absolute atomic E-state index is 0.538. The molecule has 116 valence electrons. The van der Waals surface area contributed by atoms with Gasteiger partial charge in [-0.2, -0.15) is 0 Å². The van der Waals surface area contributed by atoms with Crippen molar-refractivity contribution in [2.45, 2.75) is 19.4 Å². The van der Waals surface area contributed by atoms with E-state index in [0.717, 1.165) is 31.9 Å². The number of aliphatic imine (C=N–C) groups is 1. The summed E-state index contributed by atoms with van der Waals surface area (Å²) in [6, 6.07) is 8.34. The van der Waals surface area contributed by atoms with Gasteiger partial charge in [0.05, 0.1) is 7.11 Å². The lowest BCUT2D eigenvalue weighted by atomic mass is 9.96. The molecule has 0 radical (unpaired) electrons. The maximum Gasteiger partial charge on any atom is 0.188 e. The number of guanidine groups is 1. The number of hydrogen-bond acceptors (Lipinski definition) is 3. The van der Waals surface area contributed by atoms with Crippen molar-refractivity contribution >= 4 is 5.96 Å². The second kappa shape index (κ2) is 7.88. The van der Waals surface area contributed by atoms with Crippen LogP contribution in [-0.4, -0.2) is 44.7 Å². The first kappa shape index (κ1) is 15.6. The van der Waals surface area contributed by atoms with Crippen LogP contribution in [0, 0.1) is 5.92 Å². The third-order valence-corrected chi connectivity index (χ3v) is 4.09. The fraction of sp³-hybridized carbons (Fsp3) is 0.562. The van der Waals surface area contributed by atoms with E-state index in [1.807, 2.05) is 12.1 Å². The minimum atomic E-state index is 0.538. The van der Waals surface area contributed by atoms with Gasteiger partial charge in [-0.1, -0.05) is 12.1 Å². The molecule has 0 bridgehead atoms. The van der Waals surface area contributed by atoms with E-state index in [1.54, 1.807) is 14.2 Å². The third kappa shape index (κ3) is 4.93. The van der Waals surface area contributed by atoms with E-state index >= 15 is 0 Å². The maximum absolute atomic E-state index is 5.66. The summed E-state index contributed by atoms with van der Waals surface area (Å²) in [4.78, 5) is 6.43. The lowest BCUT2D eigenvalue weighted by Gasteiger charge is -2.32. The highest BCUT2D eigenvalue weighted by atomic mass is 16.5. The number of ether oxygens (including phenoxy) is 1. The molecule has 2 rings (SSSR count). The standard InChI is InChI=1S/C16H26N4O/c1-18-16(17)19-11-13-7-9-20(10-8-13)12-14-3-5-15(21-2)6-4-14/h3-6,13H,7-12H2,1-2H3,(H3,17,18,19). The first-order valence-corrected chi connectivity index (χ1v) is 7.52. The van der Waals surface area contributed by atoms with E-state index in [9.17, 15) is 0 Å². The number of nitrogens with one attached hydrogen (secondary N) is 1. The molecule has 1 saturated heterocycles. The highest BCUT2D eigenvalue weighted by Crippen LogP contribution is 2.19. The van der Waals surface area contributed by atoms with E-state index in [2.05, 4.69) is 27.3 Å². The summed E-state index contributed by atoms with van der Waals surface area (Å²) >= 11 is 0. The third-order valence-electron chi connectivity index (χ3n) is 4.09. The molecule has 0 aromatic heterocycles. The van der Waals surface area contributed by atoms with Crippen LogP contribution >= 0.6 is 0 Å². The Morgan fingerprint density at radius 3 is 2.57 bits per heavy atom. The van der Waals surface area contributed by atoms with Gasteiger partial charge < -0.3 is 15.8 Å². The van der Waals surface area contributed by atoms with Crippen molar-refractivity contribution in [2.75, 3.05) is 33.8 Å². The van der Waals surface area contributed by atoms with Gasteiger partial charge in [-0.3, -0.25) is 9.89 Å². The fourth-order valence-corrected chi connectivity index (χ4v) is 2.67. The second-order valence-electron chi connectivity index (χ2n) is 5.56. The van der Waals surface area contributed by atoms with Crippen LogP contribution in [-0.2, 0) is 6.54 Å². The first-order valence-electron chi connectivity index (χ1n) is 7.52. The van der Waals surface area contributed by atoms with Crippen LogP contribution in [0.1, 0.15) is 18.4 Å². The Labute approximate surface area is 127 Å². The van der Waals surface area contributed by atoms with Crippen LogP contribution in [0.4, 0.5) is 0 Å². The SMILES string of the molecule is CN=C(N)NCC1CCN(Cc2ccc(OC)cc2)CC1. The molecule has 0 atom stereocenters. The molecule has 0 amide bonds. The average Bonchev–Trinajstić information content (AvgIpc) is 2.54. The number of hydrogen-bond donors (Lipinski definition) is 2. The predicted molar refractivity (Wildman–Crippen MR) is 86.5 cm³/mol. The Kier molecular flexibility index (Phi) is 5.87. The Morgan fingerprint density at radius 2 is 2.00 bits per heavy atom. The average molecular weight is 290 g/mol. The van der Waals surface area contributed by atoms with Crippen molar-refractivity contribution in [2.24, 2.45) is 16.6 Å². The molecule has 3 N–H and O–H groups in total. The Morgan fingerprint density at radius 1 is 1.33 bits per heavy atom. The van der Waals surface area contributed by atoms with Crippen LogP contribution in [0.5, 0.6) is 5.75 Å². The van der Waals surface area contributed by atoms with E-state index in [1.165, 1.54) is 18.4 Å². The van der Waals surface area contributed by atoms with Gasteiger partial charge in [-0.25, -0.2) is 0 Å². The van der Waals surface area contributed by atoms with Crippen molar-refractivity contribution in [3.63, 3.8) is 0 Å². The van der Waals surface area contributed by atoms with Gasteiger partial charge in [0.2, 0.25) is 0 Å². The summed E-state index contributed by atoms with van der Waals surface area (Å²) in [7, 11) is 3.41. The summed E-state index contributed by atoms with van der Waals surface area (Å²) < 4.78 is 5.19. The van der Waals surface area contributed by atoms with Crippen molar-refractivity contribution in [3.05, 3.63) is 29.8 Å². The van der Waals surface area contributed by atoms with Crippen molar-refractivity contribution in [3.8, 4) is 5.75 Å². The molecule has 0 saturated carbocycles. The number of methoxy groups -OCH3 is 1. The Balaban J connectivity index is 1.73. The molecule has 5 nitrogen and oxygen atoms in total. The van der Waals surface area contributed by atoms with Crippen molar-refractivity contribution in [1.29, 1.82) is 0 Å². The molecular formula is C16H26N4O. The van der Waals surface area contributed by atoms with Gasteiger partial charge in [0.1, 0.15) is 5.75 Å². The number of nitrogens with zero attached hydrogens (tertiary/aromatic N) is 2. The maximum atomic E-state index is 5.66. The van der Waals surface area contributed by atoms with Crippen molar-refractivity contribution < 1.29 is 4.74 Å². The minimum Gasteiger partial charge on any atom is -0.497 e. The van der Waals surface area contributed by atoms with E-state index in [0.29, 0.717) is 11.9 Å². The number of likely N-dealkylation sites (tertiary alicyclic amines) is 1. The smallest absolute Gasteiger partial charge is 0.188 e. The van der Waals surface area contributed by atoms with E-state index in [-0.39, 0.29) is 0 Å². The Hall–Kier alpha value is -1.75. The Bertz CT molecular complexity index is 450. The normalized spacial score (nSPS) is 17.7. The zero-order valence-corrected chi connectivity index (χ0v) is 13.0. The van der Waals surface area contributed by atoms with Gasteiger partial charge in [-0.15, -0.1) is 0 Å². The van der Waals surface area contributed by atoms with Crippen LogP contribution in [0.3, 0.4) is 0 Å². The van der Waals surface area contributed by atoms with Gasteiger partial charge in [0, 0.05) is 20.1 Å². The highest BCUT2D eigenvalue weighted by molar-refractivity contribution is 5.77. The number of rotatable bonds is 5. The van der Waals surface area contributed by atoms with Crippen LogP contribution in [0.15, 0.2) is 29.3 Å². The molecule has 21 heavy (non-hydrogen) atoms. The first-order chi connectivity index (χ1) is 10.2. The quantitative estimate of drug-likeness (QED) is 0.636. The lowest BCUT2D eigenvalue weighted by Crippen LogP contribution is -2.40. The molecular weight excluding hydrogens is 264 g/mol. The molecule has 1 aliphatic heterocycles. The second-order valence-corrected chi connectivity index (χ2v) is 5.56. The predicted octanol–water partition coefficient (Wildman–Crippen LogP) is 1.44. The summed E-state index contributed by atoms with van der Waals surface area (Å²) in [5.74, 6) is 2.15. The molecule has 5 heteroatoms. The highest BCUT2D eigenvalue weighted by Gasteiger charge is 2.19. The molecule has 0 unspecified atom stereocenters. The summed E-state index contributed by atoms with van der Waals surface area (Å²) in [5, 5.41) is 3.17. The molecule has 1 aromatic rings. The molecule has 0 spiro atoms. The number of nitrogens with two attached hydrogens (primary N) is 1. The van der Waals surface area contributed by atoms with Crippen LogP contribution in [0.25, 0.3) is 0 Å². The zero-order chi connectivity index (χ0) is 15.1. The van der Waals surface area contributed by atoms with Gasteiger partial charge in [-0.05, 0) is 49.5 Å². The summed E-state index contributed by atoms with van der Waals surface area (Å²) in [5.41, 5.74) is 7.00. The summed E-state index contributed by atoms with van der Waals surface area (Å²) in [6.45, 7) is 4.23. The summed E-state index contributed by atoms with van der Waals surface area (Å²) in [6.07, 6.45) is 2.42. The van der Waals surface area contributed by atoms with Crippen molar-refractivity contribution in [1.82, 2.24) is 10.2 Å². The van der Waals surface area contributed by atoms with E-state index in [4.69, 9.17) is 10.5 Å². The molecule has 0 aliphatic carbocycles. The zero-order valence-electron chi connectivity index (χ0n) is 13.0. The van der Waals surface area contributed by atoms with E-state index < -0.39 is 0 Å². The number of piperidine rings is 1. The fourth-order valence-electron chi connectivity index (χ4n) is 2.67. The van der Waals surface area contributed by atoms with Crippen LogP contribution in [0.2, 0.25) is 0 Å². The molecule has 1 aliphatic rings. The molecule has 1 fully saturated rings. The van der Waals surface area contributed by atoms with Crippen LogP contribution < -0.4 is 15.8 Å². The number of benzene rings is 1. The van der Waals surface area contributed by atoms with Gasteiger partial charge in [0.15, 0.2) is 5.96 Å². The molecule has 1 aromatic carbocycles. The lowest BCUT2D eigenvalue weighted by molar-refractivity contribution is 0.178. The van der Waals surface area contributed by atoms with Gasteiger partial charge in [0.25, 0.3) is 0 Å². The largest absolute Gasteiger partial charge is 0.497 e.